The van der Waals surface area contributed by atoms with Gasteiger partial charge in [-0.1, -0.05) is 0 Å². The Hall–Kier alpha value is -2.41. The molecular weight excluding hydrogens is 452 g/mol. The van der Waals surface area contributed by atoms with Crippen molar-refractivity contribution in [3.63, 3.8) is 0 Å². The summed E-state index contributed by atoms with van der Waals surface area (Å²) in [5, 5.41) is 0. The Bertz CT molecular complexity index is 1130. The fraction of sp³-hybridized carbons (Fsp3) is 0.316. The predicted octanol–water partition coefficient (Wildman–Crippen LogP) is 1.17. The second kappa shape index (κ2) is 9.39. The number of rotatable bonds is 7. The Balaban J connectivity index is 1.50. The molecule has 1 aliphatic heterocycles. The maximum Gasteiger partial charge on any atom is 0.243 e. The molecule has 1 N–H and O–H groups in total. The molecule has 1 heterocycles. The quantitative estimate of drug-likeness (QED) is 0.650. The van der Waals surface area contributed by atoms with Crippen LogP contribution in [0.1, 0.15) is 6.42 Å². The van der Waals surface area contributed by atoms with Crippen molar-refractivity contribution in [2.45, 2.75) is 16.2 Å². The molecule has 0 aromatic heterocycles. The van der Waals surface area contributed by atoms with Crippen LogP contribution in [0.25, 0.3) is 0 Å². The predicted molar refractivity (Wildman–Crippen MR) is 108 cm³/mol. The van der Waals surface area contributed by atoms with E-state index in [2.05, 4.69) is 4.72 Å². The van der Waals surface area contributed by atoms with Gasteiger partial charge in [-0.2, -0.15) is 4.31 Å². The molecule has 2 aromatic rings. The minimum atomic E-state index is -3.87. The molecule has 0 saturated carbocycles. The Labute approximate surface area is 179 Å². The first-order valence-corrected chi connectivity index (χ1v) is 12.3. The fourth-order valence-corrected chi connectivity index (χ4v) is 5.54. The largest absolute Gasteiger partial charge is 0.340 e. The first kappa shape index (κ1) is 23.3. The molecule has 0 spiro atoms. The number of carbonyl (C=O) groups is 1. The maximum absolute atomic E-state index is 13.0. The smallest absolute Gasteiger partial charge is 0.243 e. The summed E-state index contributed by atoms with van der Waals surface area (Å²) in [6, 6.07) is 8.82. The molecule has 3 rings (SSSR count). The van der Waals surface area contributed by atoms with Crippen LogP contribution in [0, 0.1) is 11.6 Å². The third-order valence-corrected chi connectivity index (χ3v) is 8.19. The Morgan fingerprint density at radius 2 is 1.29 bits per heavy atom. The van der Waals surface area contributed by atoms with Crippen molar-refractivity contribution >= 4 is 26.0 Å². The number of halogens is 2. The van der Waals surface area contributed by atoms with Gasteiger partial charge in [-0.15, -0.1) is 0 Å². The van der Waals surface area contributed by atoms with Crippen LogP contribution in [0.5, 0.6) is 0 Å². The van der Waals surface area contributed by atoms with Crippen LogP contribution >= 0.6 is 0 Å². The van der Waals surface area contributed by atoms with Crippen molar-refractivity contribution in [3.8, 4) is 0 Å². The Kier molecular flexibility index (Phi) is 7.04. The number of piperazine rings is 1. The van der Waals surface area contributed by atoms with E-state index in [1.165, 1.54) is 21.3 Å². The number of carbonyl (C=O) groups excluding carboxylic acids is 1. The Morgan fingerprint density at radius 3 is 1.81 bits per heavy atom. The van der Waals surface area contributed by atoms with E-state index in [1.807, 2.05) is 0 Å². The van der Waals surface area contributed by atoms with Crippen LogP contribution in [0.15, 0.2) is 58.3 Å². The first-order valence-electron chi connectivity index (χ1n) is 9.38. The van der Waals surface area contributed by atoms with Crippen molar-refractivity contribution < 1.29 is 30.4 Å². The summed E-state index contributed by atoms with van der Waals surface area (Å²) in [6.07, 6.45) is -0.106. The lowest BCUT2D eigenvalue weighted by molar-refractivity contribution is -0.132. The normalized spacial score (nSPS) is 15.7. The maximum atomic E-state index is 13.0. The van der Waals surface area contributed by atoms with E-state index in [9.17, 15) is 30.4 Å². The van der Waals surface area contributed by atoms with Gasteiger partial charge in [0.1, 0.15) is 11.6 Å². The summed E-state index contributed by atoms with van der Waals surface area (Å²) < 4.78 is 79.0. The molecule has 1 saturated heterocycles. The van der Waals surface area contributed by atoms with E-state index in [-0.39, 0.29) is 54.8 Å². The molecule has 1 amide bonds. The second-order valence-electron chi connectivity index (χ2n) is 6.84. The van der Waals surface area contributed by atoms with Gasteiger partial charge in [0.2, 0.25) is 26.0 Å². The van der Waals surface area contributed by atoms with Gasteiger partial charge in [0.15, 0.2) is 0 Å². The number of nitrogens with one attached hydrogen (secondary N) is 1. The van der Waals surface area contributed by atoms with Crippen LogP contribution in [0.3, 0.4) is 0 Å². The highest BCUT2D eigenvalue weighted by Crippen LogP contribution is 2.18. The van der Waals surface area contributed by atoms with Crippen LogP contribution in [-0.2, 0) is 24.8 Å². The van der Waals surface area contributed by atoms with Gasteiger partial charge in [0.25, 0.3) is 0 Å². The molecule has 0 bridgehead atoms. The molecular formula is C19H21F2N3O5S2. The highest BCUT2D eigenvalue weighted by atomic mass is 32.2. The molecule has 0 aliphatic carbocycles. The van der Waals surface area contributed by atoms with E-state index in [4.69, 9.17) is 0 Å². The first-order chi connectivity index (χ1) is 14.6. The molecule has 2 aromatic carbocycles. The van der Waals surface area contributed by atoms with Gasteiger partial charge in [0.05, 0.1) is 9.79 Å². The zero-order chi connectivity index (χ0) is 22.6. The fourth-order valence-electron chi connectivity index (χ4n) is 3.08. The Morgan fingerprint density at radius 1 is 0.806 bits per heavy atom. The summed E-state index contributed by atoms with van der Waals surface area (Å²) in [7, 11) is -7.65. The van der Waals surface area contributed by atoms with E-state index in [1.54, 1.807) is 0 Å². The lowest BCUT2D eigenvalue weighted by atomic mass is 10.3. The highest BCUT2D eigenvalue weighted by molar-refractivity contribution is 7.89. The number of hydrogen-bond acceptors (Lipinski definition) is 5. The van der Waals surface area contributed by atoms with Crippen LogP contribution in [0.4, 0.5) is 8.78 Å². The number of amides is 1. The topological polar surface area (TPSA) is 104 Å². The van der Waals surface area contributed by atoms with Gasteiger partial charge >= 0.3 is 0 Å². The molecule has 1 fully saturated rings. The van der Waals surface area contributed by atoms with Crippen LogP contribution < -0.4 is 4.72 Å². The van der Waals surface area contributed by atoms with Crippen molar-refractivity contribution in [2.24, 2.45) is 0 Å². The van der Waals surface area contributed by atoms with Gasteiger partial charge in [0, 0.05) is 39.1 Å². The summed E-state index contributed by atoms with van der Waals surface area (Å²) in [5.41, 5.74) is 0. The van der Waals surface area contributed by atoms with Crippen molar-refractivity contribution in [2.75, 3.05) is 32.7 Å². The highest BCUT2D eigenvalue weighted by Gasteiger charge is 2.30. The van der Waals surface area contributed by atoms with Gasteiger partial charge in [-0.25, -0.2) is 30.3 Å². The standard InChI is InChI=1S/C19H21F2N3O5S2/c20-15-1-5-17(6-2-15)30(26,27)22-10-9-19(25)23-11-13-24(14-12-23)31(28,29)18-7-3-16(21)4-8-18/h1-8,22H,9-14H2. The van der Waals surface area contributed by atoms with Gasteiger partial charge in [-0.3, -0.25) is 4.79 Å². The lowest BCUT2D eigenvalue weighted by Gasteiger charge is -2.34. The molecule has 0 atom stereocenters. The number of benzene rings is 2. The third kappa shape index (κ3) is 5.64. The van der Waals surface area contributed by atoms with Crippen LogP contribution in [-0.4, -0.2) is 64.7 Å². The number of sulfonamides is 2. The number of hydrogen-bond donors (Lipinski definition) is 1. The van der Waals surface area contributed by atoms with E-state index < -0.39 is 31.7 Å². The molecule has 0 radical (unpaired) electrons. The molecule has 8 nitrogen and oxygen atoms in total. The lowest BCUT2D eigenvalue weighted by Crippen LogP contribution is -2.50. The van der Waals surface area contributed by atoms with Crippen molar-refractivity contribution in [1.82, 2.24) is 13.9 Å². The molecule has 31 heavy (non-hydrogen) atoms. The summed E-state index contributed by atoms with van der Waals surface area (Å²) in [5.74, 6) is -1.42. The number of nitrogens with zero attached hydrogens (tertiary/aromatic N) is 2. The van der Waals surface area contributed by atoms with Gasteiger partial charge < -0.3 is 4.90 Å². The summed E-state index contributed by atoms with van der Waals surface area (Å²) >= 11 is 0. The average molecular weight is 474 g/mol. The molecule has 168 valence electrons. The SMILES string of the molecule is O=C(CCNS(=O)(=O)c1ccc(F)cc1)N1CCN(S(=O)(=O)c2ccc(F)cc2)CC1. The van der Waals surface area contributed by atoms with Crippen LogP contribution in [0.2, 0.25) is 0 Å². The second-order valence-corrected chi connectivity index (χ2v) is 10.5. The van der Waals surface area contributed by atoms with E-state index >= 15 is 0 Å². The van der Waals surface area contributed by atoms with E-state index in [0.29, 0.717) is 0 Å². The zero-order valence-corrected chi connectivity index (χ0v) is 18.0. The summed E-state index contributed by atoms with van der Waals surface area (Å²) in [6.45, 7) is 0.320. The van der Waals surface area contributed by atoms with E-state index in [0.717, 1.165) is 36.4 Å². The minimum absolute atomic E-state index is 0.0242. The van der Waals surface area contributed by atoms with Gasteiger partial charge in [-0.05, 0) is 48.5 Å². The molecule has 0 unspecified atom stereocenters. The van der Waals surface area contributed by atoms with Crippen molar-refractivity contribution in [1.29, 1.82) is 0 Å². The average Bonchev–Trinajstić information content (AvgIpc) is 2.74. The van der Waals surface area contributed by atoms with Crippen molar-refractivity contribution in [3.05, 3.63) is 60.2 Å². The molecule has 1 aliphatic rings. The zero-order valence-electron chi connectivity index (χ0n) is 16.4. The third-order valence-electron chi connectivity index (χ3n) is 4.80. The monoisotopic (exact) mass is 473 g/mol. The molecule has 12 heteroatoms. The summed E-state index contributed by atoms with van der Waals surface area (Å²) in [4.78, 5) is 13.7. The minimum Gasteiger partial charge on any atom is -0.340 e.